The lowest BCUT2D eigenvalue weighted by atomic mass is 10.0. The Morgan fingerprint density at radius 2 is 1.86 bits per heavy atom. The monoisotopic (exact) mass is 281 g/mol. The molecule has 1 unspecified atom stereocenters. The van der Waals surface area contributed by atoms with Crippen molar-refractivity contribution in [2.24, 2.45) is 5.73 Å². The number of fused-ring (bicyclic) bond motifs is 1. The summed E-state index contributed by atoms with van der Waals surface area (Å²) in [6, 6.07) is 15.9. The van der Waals surface area contributed by atoms with E-state index in [4.69, 9.17) is 14.9 Å². The van der Waals surface area contributed by atoms with Crippen LogP contribution in [0.3, 0.4) is 0 Å². The summed E-state index contributed by atoms with van der Waals surface area (Å²) in [5, 5.41) is 1.03. The van der Waals surface area contributed by atoms with Crippen LogP contribution in [-0.2, 0) is 6.42 Å². The highest BCUT2D eigenvalue weighted by Crippen LogP contribution is 2.29. The molecule has 0 spiro atoms. The van der Waals surface area contributed by atoms with Crippen molar-refractivity contribution in [3.63, 3.8) is 0 Å². The van der Waals surface area contributed by atoms with E-state index in [9.17, 15) is 0 Å². The molecule has 2 aromatic carbocycles. The van der Waals surface area contributed by atoms with Crippen molar-refractivity contribution >= 4 is 11.0 Å². The van der Waals surface area contributed by atoms with Gasteiger partial charge in [-0.2, -0.15) is 0 Å². The molecule has 1 atom stereocenters. The fourth-order valence-corrected chi connectivity index (χ4v) is 2.44. The quantitative estimate of drug-likeness (QED) is 0.784. The Morgan fingerprint density at radius 3 is 2.52 bits per heavy atom. The van der Waals surface area contributed by atoms with E-state index in [0.717, 1.165) is 34.5 Å². The van der Waals surface area contributed by atoms with Crippen LogP contribution in [0.1, 0.15) is 29.9 Å². The standard InChI is InChI=1S/C18H19NO2/c1-3-12-4-6-13(7-5-12)18(19)17-10-14-8-9-15(20-2)11-16(14)21-17/h4-11,18H,3,19H2,1-2H3. The molecule has 0 saturated carbocycles. The Kier molecular flexibility index (Phi) is 3.67. The van der Waals surface area contributed by atoms with Gasteiger partial charge in [-0.25, -0.2) is 0 Å². The van der Waals surface area contributed by atoms with E-state index in [2.05, 4.69) is 31.2 Å². The van der Waals surface area contributed by atoms with Crippen LogP contribution in [0.2, 0.25) is 0 Å². The first-order chi connectivity index (χ1) is 10.2. The van der Waals surface area contributed by atoms with Crippen LogP contribution < -0.4 is 10.5 Å². The minimum Gasteiger partial charge on any atom is -0.497 e. The van der Waals surface area contributed by atoms with Gasteiger partial charge in [-0.3, -0.25) is 0 Å². The summed E-state index contributed by atoms with van der Waals surface area (Å²) in [7, 11) is 1.64. The number of methoxy groups -OCH3 is 1. The lowest BCUT2D eigenvalue weighted by Crippen LogP contribution is -2.10. The van der Waals surface area contributed by atoms with E-state index in [1.807, 2.05) is 24.3 Å². The number of benzene rings is 2. The number of hydrogen-bond donors (Lipinski definition) is 1. The Morgan fingerprint density at radius 1 is 1.10 bits per heavy atom. The Balaban J connectivity index is 1.94. The fraction of sp³-hybridized carbons (Fsp3) is 0.222. The molecule has 0 fully saturated rings. The molecule has 108 valence electrons. The van der Waals surface area contributed by atoms with Crippen molar-refractivity contribution in [3.05, 3.63) is 65.4 Å². The normalized spacial score (nSPS) is 12.5. The largest absolute Gasteiger partial charge is 0.497 e. The molecule has 0 amide bonds. The van der Waals surface area contributed by atoms with Crippen molar-refractivity contribution in [1.82, 2.24) is 0 Å². The molecule has 3 heteroatoms. The van der Waals surface area contributed by atoms with Crippen molar-refractivity contribution in [1.29, 1.82) is 0 Å². The zero-order chi connectivity index (χ0) is 14.8. The molecule has 0 bridgehead atoms. The lowest BCUT2D eigenvalue weighted by molar-refractivity contribution is 0.414. The Labute approximate surface area is 124 Å². The average Bonchev–Trinajstić information content (AvgIpc) is 2.97. The highest BCUT2D eigenvalue weighted by Gasteiger charge is 2.14. The van der Waals surface area contributed by atoms with Crippen LogP contribution in [-0.4, -0.2) is 7.11 Å². The SMILES string of the molecule is CCc1ccc(C(N)c2cc3ccc(OC)cc3o2)cc1. The summed E-state index contributed by atoms with van der Waals surface area (Å²) in [5.41, 5.74) is 9.47. The van der Waals surface area contributed by atoms with E-state index < -0.39 is 0 Å². The van der Waals surface area contributed by atoms with Gasteiger partial charge in [0.15, 0.2) is 0 Å². The first-order valence-electron chi connectivity index (χ1n) is 7.13. The molecule has 0 saturated heterocycles. The second-order valence-electron chi connectivity index (χ2n) is 5.13. The molecule has 0 aliphatic carbocycles. The summed E-state index contributed by atoms with van der Waals surface area (Å²) >= 11 is 0. The summed E-state index contributed by atoms with van der Waals surface area (Å²) in [4.78, 5) is 0. The molecule has 0 radical (unpaired) electrons. The zero-order valence-corrected chi connectivity index (χ0v) is 12.3. The third kappa shape index (κ3) is 2.65. The maximum Gasteiger partial charge on any atom is 0.138 e. The van der Waals surface area contributed by atoms with E-state index in [1.165, 1.54) is 5.56 Å². The van der Waals surface area contributed by atoms with Gasteiger partial charge in [0.25, 0.3) is 0 Å². The predicted molar refractivity (Wildman–Crippen MR) is 84.6 cm³/mol. The number of furan rings is 1. The van der Waals surface area contributed by atoms with Crippen molar-refractivity contribution in [2.75, 3.05) is 7.11 Å². The van der Waals surface area contributed by atoms with Crippen molar-refractivity contribution in [3.8, 4) is 5.75 Å². The van der Waals surface area contributed by atoms with Crippen molar-refractivity contribution in [2.45, 2.75) is 19.4 Å². The number of nitrogens with two attached hydrogens (primary N) is 1. The van der Waals surface area contributed by atoms with Gasteiger partial charge >= 0.3 is 0 Å². The molecular weight excluding hydrogens is 262 g/mol. The molecule has 3 aromatic rings. The smallest absolute Gasteiger partial charge is 0.138 e. The van der Waals surface area contributed by atoms with Gasteiger partial charge in [-0.1, -0.05) is 31.2 Å². The van der Waals surface area contributed by atoms with Gasteiger partial charge in [-0.05, 0) is 35.7 Å². The van der Waals surface area contributed by atoms with Crippen LogP contribution in [0.4, 0.5) is 0 Å². The molecule has 3 rings (SSSR count). The zero-order valence-electron chi connectivity index (χ0n) is 12.3. The highest BCUT2D eigenvalue weighted by molar-refractivity contribution is 5.79. The summed E-state index contributed by atoms with van der Waals surface area (Å²) in [6.45, 7) is 2.14. The van der Waals surface area contributed by atoms with Crippen LogP contribution in [0.25, 0.3) is 11.0 Å². The molecular formula is C18H19NO2. The fourth-order valence-electron chi connectivity index (χ4n) is 2.44. The summed E-state index contributed by atoms with van der Waals surface area (Å²) in [5.74, 6) is 1.55. The summed E-state index contributed by atoms with van der Waals surface area (Å²) in [6.07, 6.45) is 1.03. The molecule has 21 heavy (non-hydrogen) atoms. The lowest BCUT2D eigenvalue weighted by Gasteiger charge is -2.09. The molecule has 3 nitrogen and oxygen atoms in total. The van der Waals surface area contributed by atoms with Crippen LogP contribution in [0, 0.1) is 0 Å². The van der Waals surface area contributed by atoms with E-state index in [1.54, 1.807) is 7.11 Å². The number of hydrogen-bond acceptors (Lipinski definition) is 3. The molecule has 1 aromatic heterocycles. The van der Waals surface area contributed by atoms with Gasteiger partial charge in [0.1, 0.15) is 17.1 Å². The molecule has 0 aliphatic rings. The predicted octanol–water partition coefficient (Wildman–Crippen LogP) is 4.05. The average molecular weight is 281 g/mol. The highest BCUT2D eigenvalue weighted by atomic mass is 16.5. The van der Waals surface area contributed by atoms with E-state index >= 15 is 0 Å². The van der Waals surface area contributed by atoms with Crippen LogP contribution in [0.5, 0.6) is 5.75 Å². The maximum absolute atomic E-state index is 6.32. The van der Waals surface area contributed by atoms with Crippen LogP contribution in [0.15, 0.2) is 52.9 Å². The Hall–Kier alpha value is -2.26. The molecule has 2 N–H and O–H groups in total. The molecule has 1 heterocycles. The maximum atomic E-state index is 6.32. The Bertz CT molecular complexity index is 744. The topological polar surface area (TPSA) is 48.4 Å². The summed E-state index contributed by atoms with van der Waals surface area (Å²) < 4.78 is 11.1. The van der Waals surface area contributed by atoms with Gasteiger partial charge < -0.3 is 14.9 Å². The number of rotatable bonds is 4. The third-order valence-electron chi connectivity index (χ3n) is 3.80. The number of aryl methyl sites for hydroxylation is 1. The van der Waals surface area contributed by atoms with Gasteiger partial charge in [0, 0.05) is 11.5 Å². The van der Waals surface area contributed by atoms with Crippen molar-refractivity contribution < 1.29 is 9.15 Å². The second-order valence-corrected chi connectivity index (χ2v) is 5.13. The third-order valence-corrected chi connectivity index (χ3v) is 3.80. The van der Waals surface area contributed by atoms with E-state index in [-0.39, 0.29) is 6.04 Å². The number of ether oxygens (including phenoxy) is 1. The minimum atomic E-state index is -0.255. The van der Waals surface area contributed by atoms with Gasteiger partial charge in [-0.15, -0.1) is 0 Å². The first-order valence-corrected chi connectivity index (χ1v) is 7.13. The molecule has 0 aliphatic heterocycles. The van der Waals surface area contributed by atoms with Crippen LogP contribution >= 0.6 is 0 Å². The van der Waals surface area contributed by atoms with E-state index in [0.29, 0.717) is 0 Å². The first kappa shape index (κ1) is 13.7. The minimum absolute atomic E-state index is 0.255. The van der Waals surface area contributed by atoms with Gasteiger partial charge in [0.05, 0.1) is 13.2 Å². The van der Waals surface area contributed by atoms with Gasteiger partial charge in [0.2, 0.25) is 0 Å². The second kappa shape index (κ2) is 5.62.